The highest BCUT2D eigenvalue weighted by Gasteiger charge is 2.13. The Balaban J connectivity index is 2.67. The molecule has 0 radical (unpaired) electrons. The van der Waals surface area contributed by atoms with Crippen molar-refractivity contribution in [3.63, 3.8) is 0 Å². The first-order valence-electron chi connectivity index (χ1n) is 7.02. The average Bonchev–Trinajstić information content (AvgIpc) is 2.46. The minimum Gasteiger partial charge on any atom is -0.493 e. The molecule has 0 spiro atoms. The van der Waals surface area contributed by atoms with Gasteiger partial charge in [-0.1, -0.05) is 24.9 Å². The number of nitrogens with one attached hydrogen (secondary N) is 2. The molecule has 21 heavy (non-hydrogen) atoms. The van der Waals surface area contributed by atoms with Gasteiger partial charge in [0.05, 0.1) is 12.1 Å². The van der Waals surface area contributed by atoms with E-state index in [4.69, 9.17) is 21.1 Å². The number of carbonyl (C=O) groups excluding carboxylic acids is 1. The molecule has 1 rings (SSSR count). The predicted octanol–water partition coefficient (Wildman–Crippen LogP) is 2.36. The van der Waals surface area contributed by atoms with Crippen LogP contribution in [0.15, 0.2) is 12.1 Å². The molecular weight excluding hydrogens is 292 g/mol. The Morgan fingerprint density at radius 2 is 2.14 bits per heavy atom. The lowest BCUT2D eigenvalue weighted by atomic mass is 10.2. The van der Waals surface area contributed by atoms with Crippen molar-refractivity contribution in [3.05, 3.63) is 22.7 Å². The van der Waals surface area contributed by atoms with Crippen molar-refractivity contribution in [3.8, 4) is 11.5 Å². The Labute approximate surface area is 131 Å². The Hall–Kier alpha value is -1.46. The van der Waals surface area contributed by atoms with Gasteiger partial charge in [0.1, 0.15) is 0 Å². The van der Waals surface area contributed by atoms with E-state index in [0.29, 0.717) is 29.6 Å². The third kappa shape index (κ3) is 5.81. The lowest BCUT2D eigenvalue weighted by Gasteiger charge is -2.14. The number of halogens is 1. The predicted molar refractivity (Wildman–Crippen MR) is 84.2 cm³/mol. The molecule has 6 heteroatoms. The van der Waals surface area contributed by atoms with Crippen molar-refractivity contribution in [2.45, 2.75) is 26.3 Å². The summed E-state index contributed by atoms with van der Waals surface area (Å²) in [5.74, 6) is 0.750. The summed E-state index contributed by atoms with van der Waals surface area (Å²) in [4.78, 5) is 11.6. The van der Waals surface area contributed by atoms with Gasteiger partial charge in [-0.25, -0.2) is 0 Å². The molecule has 0 atom stereocenters. The van der Waals surface area contributed by atoms with Crippen LogP contribution in [0.5, 0.6) is 11.5 Å². The monoisotopic (exact) mass is 314 g/mol. The fraction of sp³-hybridized carbons (Fsp3) is 0.533. The second-order valence-corrected chi connectivity index (χ2v) is 5.04. The fourth-order valence-corrected chi connectivity index (χ4v) is 2.10. The molecule has 5 nitrogen and oxygen atoms in total. The molecule has 0 aliphatic rings. The maximum absolute atomic E-state index is 11.6. The summed E-state index contributed by atoms with van der Waals surface area (Å²) in [6.07, 6.45) is 1.99. The minimum absolute atomic E-state index is 0.0782. The van der Waals surface area contributed by atoms with Gasteiger partial charge in [0.25, 0.3) is 5.91 Å². The number of ether oxygens (including phenoxy) is 2. The van der Waals surface area contributed by atoms with E-state index in [9.17, 15) is 4.79 Å². The smallest absolute Gasteiger partial charge is 0.257 e. The maximum Gasteiger partial charge on any atom is 0.257 e. The zero-order valence-corrected chi connectivity index (χ0v) is 13.5. The average molecular weight is 315 g/mol. The van der Waals surface area contributed by atoms with Crippen molar-refractivity contribution >= 4 is 17.5 Å². The number of rotatable bonds is 9. The summed E-state index contributed by atoms with van der Waals surface area (Å²) < 4.78 is 10.8. The van der Waals surface area contributed by atoms with Gasteiger partial charge in [-0.3, -0.25) is 4.79 Å². The molecule has 0 unspecified atom stereocenters. The van der Waals surface area contributed by atoms with Crippen molar-refractivity contribution in [1.82, 2.24) is 10.6 Å². The van der Waals surface area contributed by atoms with Gasteiger partial charge in [0.2, 0.25) is 0 Å². The third-order valence-electron chi connectivity index (χ3n) is 2.87. The first-order valence-corrected chi connectivity index (χ1v) is 7.40. The number of methoxy groups -OCH3 is 1. The van der Waals surface area contributed by atoms with Crippen LogP contribution in [0.25, 0.3) is 0 Å². The van der Waals surface area contributed by atoms with E-state index in [-0.39, 0.29) is 12.5 Å². The van der Waals surface area contributed by atoms with Gasteiger partial charge < -0.3 is 20.1 Å². The Morgan fingerprint density at radius 1 is 1.38 bits per heavy atom. The Bertz CT molecular complexity index is 466. The largest absolute Gasteiger partial charge is 0.493 e. The quantitative estimate of drug-likeness (QED) is 0.687. The standard InChI is InChI=1S/C15H23ClN2O3/c1-4-5-6-18-14(19)10-21-15-12(16)7-11(9-17-2)8-13(15)20-3/h7-8,17H,4-6,9-10H2,1-3H3,(H,18,19). The number of carbonyl (C=O) groups is 1. The van der Waals surface area contributed by atoms with E-state index < -0.39 is 0 Å². The first-order chi connectivity index (χ1) is 10.1. The minimum atomic E-state index is -0.166. The van der Waals surface area contributed by atoms with Crippen LogP contribution in [0.2, 0.25) is 5.02 Å². The van der Waals surface area contributed by atoms with Gasteiger partial charge in [-0.05, 0) is 31.2 Å². The van der Waals surface area contributed by atoms with Crippen molar-refractivity contribution in [2.24, 2.45) is 0 Å². The summed E-state index contributed by atoms with van der Waals surface area (Å²) in [7, 11) is 3.40. The Morgan fingerprint density at radius 3 is 2.76 bits per heavy atom. The van der Waals surface area contributed by atoms with Crippen LogP contribution in [0.4, 0.5) is 0 Å². The zero-order valence-electron chi connectivity index (χ0n) is 12.8. The summed E-state index contributed by atoms with van der Waals surface area (Å²) >= 11 is 6.19. The summed E-state index contributed by atoms with van der Waals surface area (Å²) in [5, 5.41) is 6.26. The van der Waals surface area contributed by atoms with Crippen LogP contribution in [0, 0.1) is 0 Å². The van der Waals surface area contributed by atoms with E-state index >= 15 is 0 Å². The summed E-state index contributed by atoms with van der Waals surface area (Å²) in [6, 6.07) is 3.64. The number of benzene rings is 1. The maximum atomic E-state index is 11.6. The van der Waals surface area contributed by atoms with Crippen LogP contribution in [-0.2, 0) is 11.3 Å². The van der Waals surface area contributed by atoms with Crippen LogP contribution in [0.1, 0.15) is 25.3 Å². The number of hydrogen-bond donors (Lipinski definition) is 2. The molecule has 1 aromatic rings. The lowest BCUT2D eigenvalue weighted by molar-refractivity contribution is -0.123. The Kier molecular flexibility index (Phi) is 7.93. The van der Waals surface area contributed by atoms with Crippen LogP contribution >= 0.6 is 11.6 Å². The molecule has 0 heterocycles. The molecule has 1 amide bonds. The van der Waals surface area contributed by atoms with E-state index in [1.54, 1.807) is 13.2 Å². The van der Waals surface area contributed by atoms with Crippen molar-refractivity contribution in [2.75, 3.05) is 27.3 Å². The molecule has 0 aliphatic carbocycles. The fourth-order valence-electron chi connectivity index (χ4n) is 1.81. The van der Waals surface area contributed by atoms with E-state index in [1.165, 1.54) is 0 Å². The summed E-state index contributed by atoms with van der Waals surface area (Å²) in [5.41, 5.74) is 0.985. The highest BCUT2D eigenvalue weighted by Crippen LogP contribution is 2.36. The number of amides is 1. The molecule has 0 aromatic heterocycles. The van der Waals surface area contributed by atoms with E-state index in [2.05, 4.69) is 17.6 Å². The normalized spacial score (nSPS) is 10.3. The zero-order chi connectivity index (χ0) is 15.7. The molecule has 0 fully saturated rings. The molecule has 118 valence electrons. The van der Waals surface area contributed by atoms with Crippen LogP contribution in [-0.4, -0.2) is 33.2 Å². The highest BCUT2D eigenvalue weighted by molar-refractivity contribution is 6.32. The van der Waals surface area contributed by atoms with Crippen LogP contribution < -0.4 is 20.1 Å². The summed E-state index contributed by atoms with van der Waals surface area (Å²) in [6.45, 7) is 3.32. The topological polar surface area (TPSA) is 59.6 Å². The van der Waals surface area contributed by atoms with Gasteiger partial charge in [0, 0.05) is 13.1 Å². The number of hydrogen-bond acceptors (Lipinski definition) is 4. The molecule has 2 N–H and O–H groups in total. The van der Waals surface area contributed by atoms with Gasteiger partial charge in [-0.2, -0.15) is 0 Å². The molecule has 1 aromatic carbocycles. The van der Waals surface area contributed by atoms with Gasteiger partial charge in [0.15, 0.2) is 18.1 Å². The van der Waals surface area contributed by atoms with Crippen LogP contribution in [0.3, 0.4) is 0 Å². The second-order valence-electron chi connectivity index (χ2n) is 4.63. The van der Waals surface area contributed by atoms with E-state index in [1.807, 2.05) is 13.1 Å². The number of unbranched alkanes of at least 4 members (excludes halogenated alkanes) is 1. The van der Waals surface area contributed by atoms with Crippen molar-refractivity contribution < 1.29 is 14.3 Å². The highest BCUT2D eigenvalue weighted by atomic mass is 35.5. The molecule has 0 aliphatic heterocycles. The van der Waals surface area contributed by atoms with Gasteiger partial charge in [-0.15, -0.1) is 0 Å². The third-order valence-corrected chi connectivity index (χ3v) is 3.15. The molecular formula is C15H23ClN2O3. The molecule has 0 saturated heterocycles. The van der Waals surface area contributed by atoms with Crippen molar-refractivity contribution in [1.29, 1.82) is 0 Å². The molecule has 0 saturated carbocycles. The van der Waals surface area contributed by atoms with E-state index in [0.717, 1.165) is 18.4 Å². The molecule has 0 bridgehead atoms. The second kappa shape index (κ2) is 9.47. The lowest BCUT2D eigenvalue weighted by Crippen LogP contribution is -2.29. The van der Waals surface area contributed by atoms with Gasteiger partial charge >= 0.3 is 0 Å². The first kappa shape index (κ1) is 17.6. The SMILES string of the molecule is CCCCNC(=O)COc1c(Cl)cc(CNC)cc1OC.